The predicted octanol–water partition coefficient (Wildman–Crippen LogP) is 4.97. The highest BCUT2D eigenvalue weighted by atomic mass is 79.9. The van der Waals surface area contributed by atoms with Crippen LogP contribution in [-0.4, -0.2) is 25.1 Å². The molecule has 0 saturated heterocycles. The maximum atomic E-state index is 12.4. The van der Waals surface area contributed by atoms with Crippen molar-refractivity contribution in [3.05, 3.63) is 63.1 Å². The van der Waals surface area contributed by atoms with E-state index in [1.54, 1.807) is 26.2 Å². The molecule has 6 heteroatoms. The molecule has 5 nitrogen and oxygen atoms in total. The Bertz CT molecular complexity index is 898. The monoisotopic (exact) mass is 445 g/mol. The van der Waals surface area contributed by atoms with Gasteiger partial charge in [-0.1, -0.05) is 33.6 Å². The van der Waals surface area contributed by atoms with Gasteiger partial charge in [0.15, 0.2) is 6.10 Å². The number of carbonyl (C=O) groups excluding carboxylic acids is 2. The van der Waals surface area contributed by atoms with Gasteiger partial charge in [-0.3, -0.25) is 4.79 Å². The van der Waals surface area contributed by atoms with Crippen LogP contribution in [0.2, 0.25) is 0 Å². The minimum Gasteiger partial charge on any atom is -0.496 e. The molecule has 2 rings (SSSR count). The quantitative estimate of drug-likeness (QED) is 0.503. The number of anilines is 1. The van der Waals surface area contributed by atoms with Crippen LogP contribution in [0.1, 0.15) is 29.2 Å². The Morgan fingerprint density at radius 2 is 1.75 bits per heavy atom. The molecule has 0 heterocycles. The molecule has 148 valence electrons. The van der Waals surface area contributed by atoms with Crippen LogP contribution in [0.3, 0.4) is 0 Å². The van der Waals surface area contributed by atoms with Gasteiger partial charge in [0.2, 0.25) is 0 Å². The van der Waals surface area contributed by atoms with Crippen LogP contribution in [0.5, 0.6) is 5.75 Å². The van der Waals surface area contributed by atoms with Gasteiger partial charge in [-0.25, -0.2) is 4.79 Å². The minimum absolute atomic E-state index is 0.378. The van der Waals surface area contributed by atoms with Crippen LogP contribution in [-0.2, 0) is 14.3 Å². The van der Waals surface area contributed by atoms with Crippen molar-refractivity contribution in [3.63, 3.8) is 0 Å². The molecule has 1 atom stereocenters. The number of aryl methyl sites for hydroxylation is 3. The number of amides is 1. The molecule has 2 aromatic carbocycles. The SMILES string of the molecule is COc1ccc(Br)cc1/C=C/C(=O)OC(C)C(=O)Nc1c(C)cc(C)cc1C. The first-order valence-corrected chi connectivity index (χ1v) is 9.61. The van der Waals surface area contributed by atoms with Gasteiger partial charge in [0.05, 0.1) is 7.11 Å². The first kappa shape index (κ1) is 21.7. The van der Waals surface area contributed by atoms with E-state index in [1.807, 2.05) is 45.0 Å². The molecule has 28 heavy (non-hydrogen) atoms. The van der Waals surface area contributed by atoms with E-state index in [4.69, 9.17) is 9.47 Å². The van der Waals surface area contributed by atoms with E-state index in [-0.39, 0.29) is 5.91 Å². The van der Waals surface area contributed by atoms with E-state index in [0.717, 1.165) is 32.4 Å². The molecule has 0 saturated carbocycles. The molecule has 0 fully saturated rings. The van der Waals surface area contributed by atoms with Gasteiger partial charge >= 0.3 is 5.97 Å². The Hall–Kier alpha value is -2.60. The van der Waals surface area contributed by atoms with E-state index >= 15 is 0 Å². The fraction of sp³-hybridized carbons (Fsp3) is 0.273. The number of esters is 1. The molecule has 0 aliphatic rings. The molecule has 1 unspecified atom stereocenters. The fourth-order valence-corrected chi connectivity index (χ4v) is 3.24. The van der Waals surface area contributed by atoms with Gasteiger partial charge in [-0.05, 0) is 63.1 Å². The Labute approximate surface area is 173 Å². The summed E-state index contributed by atoms with van der Waals surface area (Å²) < 4.78 is 11.3. The maximum absolute atomic E-state index is 12.4. The van der Waals surface area contributed by atoms with Gasteiger partial charge in [-0.2, -0.15) is 0 Å². The smallest absolute Gasteiger partial charge is 0.331 e. The number of methoxy groups -OCH3 is 1. The second-order valence-electron chi connectivity index (χ2n) is 6.56. The summed E-state index contributed by atoms with van der Waals surface area (Å²) in [4.78, 5) is 24.5. The Kier molecular flexibility index (Phi) is 7.40. The lowest BCUT2D eigenvalue weighted by atomic mass is 10.0. The summed E-state index contributed by atoms with van der Waals surface area (Å²) in [5.41, 5.74) is 4.52. The molecule has 0 aromatic heterocycles. The molecule has 2 aromatic rings. The largest absolute Gasteiger partial charge is 0.496 e. The van der Waals surface area contributed by atoms with Crippen molar-refractivity contribution < 1.29 is 19.1 Å². The van der Waals surface area contributed by atoms with Crippen molar-refractivity contribution in [1.82, 2.24) is 0 Å². The van der Waals surface area contributed by atoms with Crippen molar-refractivity contribution >= 4 is 39.6 Å². The summed E-state index contributed by atoms with van der Waals surface area (Å²) in [5.74, 6) is -0.359. The average Bonchev–Trinajstić information content (AvgIpc) is 2.62. The number of rotatable bonds is 6. The third-order valence-corrected chi connectivity index (χ3v) is 4.67. The Balaban J connectivity index is 2.02. The lowest BCUT2D eigenvalue weighted by Gasteiger charge is -2.16. The summed E-state index contributed by atoms with van der Waals surface area (Å²) in [5, 5.41) is 2.84. The molecule has 0 aliphatic heterocycles. The lowest BCUT2D eigenvalue weighted by Crippen LogP contribution is -2.30. The molecule has 1 N–H and O–H groups in total. The van der Waals surface area contributed by atoms with Crippen molar-refractivity contribution in [3.8, 4) is 5.75 Å². The minimum atomic E-state index is -0.929. The van der Waals surface area contributed by atoms with Crippen molar-refractivity contribution in [2.24, 2.45) is 0 Å². The summed E-state index contributed by atoms with van der Waals surface area (Å²) in [6.07, 6.45) is 1.93. The van der Waals surface area contributed by atoms with Gasteiger partial charge in [0, 0.05) is 21.8 Å². The first-order valence-electron chi connectivity index (χ1n) is 8.82. The highest BCUT2D eigenvalue weighted by Crippen LogP contribution is 2.24. The molecule has 0 spiro atoms. The van der Waals surface area contributed by atoms with Crippen LogP contribution in [0.25, 0.3) is 6.08 Å². The Morgan fingerprint density at radius 3 is 2.36 bits per heavy atom. The van der Waals surface area contributed by atoms with Crippen LogP contribution in [0, 0.1) is 20.8 Å². The maximum Gasteiger partial charge on any atom is 0.331 e. The van der Waals surface area contributed by atoms with E-state index in [0.29, 0.717) is 5.75 Å². The van der Waals surface area contributed by atoms with Crippen LogP contribution >= 0.6 is 15.9 Å². The third-order valence-electron chi connectivity index (χ3n) is 4.18. The number of carbonyl (C=O) groups is 2. The fourth-order valence-electron chi connectivity index (χ4n) is 2.86. The second-order valence-corrected chi connectivity index (χ2v) is 7.48. The number of hydrogen-bond donors (Lipinski definition) is 1. The second kappa shape index (κ2) is 9.55. The molecular formula is C22H24BrNO4. The summed E-state index contributed by atoms with van der Waals surface area (Å²) in [6, 6.07) is 9.44. The number of halogens is 1. The van der Waals surface area contributed by atoms with Gasteiger partial charge in [0.25, 0.3) is 5.91 Å². The van der Waals surface area contributed by atoms with Crippen LogP contribution in [0.4, 0.5) is 5.69 Å². The highest BCUT2D eigenvalue weighted by Gasteiger charge is 2.18. The summed E-state index contributed by atoms with van der Waals surface area (Å²) in [6.45, 7) is 7.41. The topological polar surface area (TPSA) is 64.6 Å². The van der Waals surface area contributed by atoms with Crippen molar-refractivity contribution in [1.29, 1.82) is 0 Å². The van der Waals surface area contributed by atoms with Crippen molar-refractivity contribution in [2.75, 3.05) is 12.4 Å². The van der Waals surface area contributed by atoms with E-state index in [9.17, 15) is 9.59 Å². The van der Waals surface area contributed by atoms with Crippen LogP contribution < -0.4 is 10.1 Å². The highest BCUT2D eigenvalue weighted by molar-refractivity contribution is 9.10. The standard InChI is InChI=1S/C22H24BrNO4/c1-13-10-14(2)21(15(3)11-13)24-22(26)16(4)28-20(25)9-6-17-12-18(23)7-8-19(17)27-5/h6-12,16H,1-5H3,(H,24,26)/b9-6+. The number of benzene rings is 2. The van der Waals surface area contributed by atoms with E-state index in [2.05, 4.69) is 21.2 Å². The number of ether oxygens (including phenoxy) is 2. The zero-order valence-electron chi connectivity index (χ0n) is 16.6. The average molecular weight is 446 g/mol. The van der Waals surface area contributed by atoms with E-state index in [1.165, 1.54) is 6.08 Å². The third kappa shape index (κ3) is 5.70. The predicted molar refractivity (Wildman–Crippen MR) is 115 cm³/mol. The molecular weight excluding hydrogens is 422 g/mol. The molecule has 0 radical (unpaired) electrons. The summed E-state index contributed by atoms with van der Waals surface area (Å²) >= 11 is 3.38. The molecule has 1 amide bonds. The van der Waals surface area contributed by atoms with E-state index < -0.39 is 12.1 Å². The van der Waals surface area contributed by atoms with Gasteiger partial charge < -0.3 is 14.8 Å². The lowest BCUT2D eigenvalue weighted by molar-refractivity contribution is -0.148. The van der Waals surface area contributed by atoms with Crippen LogP contribution in [0.15, 0.2) is 40.9 Å². The Morgan fingerprint density at radius 1 is 1.11 bits per heavy atom. The van der Waals surface area contributed by atoms with Gasteiger partial charge in [-0.15, -0.1) is 0 Å². The van der Waals surface area contributed by atoms with Gasteiger partial charge in [0.1, 0.15) is 5.75 Å². The van der Waals surface area contributed by atoms with Crippen molar-refractivity contribution in [2.45, 2.75) is 33.8 Å². The summed E-state index contributed by atoms with van der Waals surface area (Å²) in [7, 11) is 1.56. The zero-order chi connectivity index (χ0) is 20.8. The first-order chi connectivity index (χ1) is 13.2. The number of nitrogens with one attached hydrogen (secondary N) is 1. The normalized spacial score (nSPS) is 11.9. The number of hydrogen-bond acceptors (Lipinski definition) is 4. The molecule has 0 aliphatic carbocycles. The zero-order valence-corrected chi connectivity index (χ0v) is 18.2. The molecule has 0 bridgehead atoms.